The molecule has 0 heterocycles. The Hall–Kier alpha value is -0.850. The van der Waals surface area contributed by atoms with E-state index < -0.39 is 0 Å². The van der Waals surface area contributed by atoms with Crippen LogP contribution in [0.5, 0.6) is 0 Å². The monoisotopic (exact) mass is 192 g/mol. The first-order chi connectivity index (χ1) is 6.52. The summed E-state index contributed by atoms with van der Waals surface area (Å²) < 4.78 is 13.4. The molecule has 0 saturated carbocycles. The standard InChI is InChI=1S/C13H17F/c1-9-10-5-4-8-13(2,3)11(10)6-7-12(9)14/h6-7H,4-5,8H2,1-3H3. The second-order valence-corrected chi connectivity index (χ2v) is 4.94. The van der Waals surface area contributed by atoms with E-state index in [-0.39, 0.29) is 11.2 Å². The summed E-state index contributed by atoms with van der Waals surface area (Å²) in [7, 11) is 0. The van der Waals surface area contributed by atoms with E-state index in [2.05, 4.69) is 13.8 Å². The third kappa shape index (κ3) is 1.35. The minimum Gasteiger partial charge on any atom is -0.207 e. The molecule has 0 aliphatic heterocycles. The van der Waals surface area contributed by atoms with Gasteiger partial charge in [0.1, 0.15) is 5.82 Å². The Morgan fingerprint density at radius 3 is 2.71 bits per heavy atom. The van der Waals surface area contributed by atoms with Crippen LogP contribution in [0.4, 0.5) is 4.39 Å². The van der Waals surface area contributed by atoms with Gasteiger partial charge in [0.15, 0.2) is 0 Å². The molecule has 0 fully saturated rings. The van der Waals surface area contributed by atoms with Crippen molar-refractivity contribution in [3.05, 3.63) is 34.6 Å². The van der Waals surface area contributed by atoms with E-state index in [1.807, 2.05) is 13.0 Å². The van der Waals surface area contributed by atoms with E-state index in [0.717, 1.165) is 12.0 Å². The van der Waals surface area contributed by atoms with E-state index in [1.165, 1.54) is 24.0 Å². The van der Waals surface area contributed by atoms with Crippen molar-refractivity contribution in [2.24, 2.45) is 0 Å². The molecular weight excluding hydrogens is 175 g/mol. The molecule has 0 amide bonds. The van der Waals surface area contributed by atoms with Crippen molar-refractivity contribution < 1.29 is 4.39 Å². The van der Waals surface area contributed by atoms with Crippen LogP contribution in [0.1, 0.15) is 43.4 Å². The van der Waals surface area contributed by atoms with Gasteiger partial charge in [-0.1, -0.05) is 19.9 Å². The van der Waals surface area contributed by atoms with Gasteiger partial charge in [-0.25, -0.2) is 4.39 Å². The van der Waals surface area contributed by atoms with Gasteiger partial charge < -0.3 is 0 Å². The number of rotatable bonds is 0. The third-order valence-electron chi connectivity index (χ3n) is 3.49. The molecule has 76 valence electrons. The van der Waals surface area contributed by atoms with Crippen LogP contribution < -0.4 is 0 Å². The lowest BCUT2D eigenvalue weighted by atomic mass is 9.72. The van der Waals surface area contributed by atoms with Crippen molar-refractivity contribution in [1.29, 1.82) is 0 Å². The molecule has 1 heteroatoms. The quantitative estimate of drug-likeness (QED) is 0.587. The number of hydrogen-bond acceptors (Lipinski definition) is 0. The summed E-state index contributed by atoms with van der Waals surface area (Å²) in [6.07, 6.45) is 3.44. The summed E-state index contributed by atoms with van der Waals surface area (Å²) in [5, 5.41) is 0. The first kappa shape index (κ1) is 9.70. The van der Waals surface area contributed by atoms with E-state index >= 15 is 0 Å². The maximum absolute atomic E-state index is 13.4. The highest BCUT2D eigenvalue weighted by Crippen LogP contribution is 2.38. The predicted octanol–water partition coefficient (Wildman–Crippen LogP) is 3.75. The zero-order valence-corrected chi connectivity index (χ0v) is 9.15. The molecule has 0 aromatic heterocycles. The normalized spacial score (nSPS) is 19.1. The largest absolute Gasteiger partial charge is 0.207 e. The average Bonchev–Trinajstić information content (AvgIpc) is 2.11. The van der Waals surface area contributed by atoms with Gasteiger partial charge in [0.25, 0.3) is 0 Å². The molecule has 1 aromatic rings. The molecule has 0 bridgehead atoms. The maximum Gasteiger partial charge on any atom is 0.126 e. The molecule has 1 aliphatic rings. The Labute approximate surface area is 85.1 Å². The molecule has 2 rings (SSSR count). The molecule has 1 aliphatic carbocycles. The fraction of sp³-hybridized carbons (Fsp3) is 0.538. The average molecular weight is 192 g/mol. The molecular formula is C13H17F. The molecule has 14 heavy (non-hydrogen) atoms. The molecule has 0 unspecified atom stereocenters. The summed E-state index contributed by atoms with van der Waals surface area (Å²) in [4.78, 5) is 0. The SMILES string of the molecule is Cc1c(F)ccc2c1CCCC2(C)C. The lowest BCUT2D eigenvalue weighted by molar-refractivity contribution is 0.428. The number of halogens is 1. The molecule has 0 radical (unpaired) electrons. The number of fused-ring (bicyclic) bond motifs is 1. The van der Waals surface area contributed by atoms with Gasteiger partial charge >= 0.3 is 0 Å². The second kappa shape index (κ2) is 3.08. The van der Waals surface area contributed by atoms with E-state index in [9.17, 15) is 4.39 Å². The summed E-state index contributed by atoms with van der Waals surface area (Å²) in [6.45, 7) is 6.40. The van der Waals surface area contributed by atoms with Crippen LogP contribution in [0.15, 0.2) is 12.1 Å². The lowest BCUT2D eigenvalue weighted by Crippen LogP contribution is -2.24. The van der Waals surface area contributed by atoms with Crippen LogP contribution in [0.3, 0.4) is 0 Å². The van der Waals surface area contributed by atoms with Crippen LogP contribution in [-0.4, -0.2) is 0 Å². The first-order valence-corrected chi connectivity index (χ1v) is 5.31. The van der Waals surface area contributed by atoms with E-state index in [1.54, 1.807) is 6.07 Å². The van der Waals surface area contributed by atoms with Gasteiger partial charge in [-0.05, 0) is 54.4 Å². The van der Waals surface area contributed by atoms with E-state index in [0.29, 0.717) is 0 Å². The number of benzene rings is 1. The highest BCUT2D eigenvalue weighted by molar-refractivity contribution is 5.41. The highest BCUT2D eigenvalue weighted by Gasteiger charge is 2.28. The zero-order chi connectivity index (χ0) is 10.3. The molecule has 0 saturated heterocycles. The lowest BCUT2D eigenvalue weighted by Gasteiger charge is -2.33. The van der Waals surface area contributed by atoms with Crippen molar-refractivity contribution in [1.82, 2.24) is 0 Å². The van der Waals surface area contributed by atoms with Gasteiger partial charge in [-0.2, -0.15) is 0 Å². The maximum atomic E-state index is 13.4. The Morgan fingerprint density at radius 2 is 2.00 bits per heavy atom. The smallest absolute Gasteiger partial charge is 0.126 e. The second-order valence-electron chi connectivity index (χ2n) is 4.94. The Kier molecular flexibility index (Phi) is 2.13. The highest BCUT2D eigenvalue weighted by atomic mass is 19.1. The first-order valence-electron chi connectivity index (χ1n) is 5.31. The van der Waals surface area contributed by atoms with Crippen molar-refractivity contribution in [2.75, 3.05) is 0 Å². The summed E-state index contributed by atoms with van der Waals surface area (Å²) in [6, 6.07) is 3.58. The van der Waals surface area contributed by atoms with Gasteiger partial charge in [-0.3, -0.25) is 0 Å². The minimum atomic E-state index is -0.0542. The Bertz CT molecular complexity index is 364. The molecule has 0 N–H and O–H groups in total. The van der Waals surface area contributed by atoms with Gasteiger partial charge in [0.05, 0.1) is 0 Å². The summed E-state index contributed by atoms with van der Waals surface area (Å²) in [5.74, 6) is -0.0542. The fourth-order valence-corrected chi connectivity index (χ4v) is 2.53. The molecule has 0 spiro atoms. The minimum absolute atomic E-state index is 0.0542. The molecule has 0 nitrogen and oxygen atoms in total. The molecule has 0 atom stereocenters. The van der Waals surface area contributed by atoms with Gasteiger partial charge in [-0.15, -0.1) is 0 Å². The zero-order valence-electron chi connectivity index (χ0n) is 9.15. The van der Waals surface area contributed by atoms with Crippen molar-refractivity contribution in [3.8, 4) is 0 Å². The van der Waals surface area contributed by atoms with Crippen LogP contribution >= 0.6 is 0 Å². The van der Waals surface area contributed by atoms with Crippen LogP contribution in [0.25, 0.3) is 0 Å². The predicted molar refractivity (Wildman–Crippen MR) is 57.1 cm³/mol. The molecule has 1 aromatic carbocycles. The summed E-state index contributed by atoms with van der Waals surface area (Å²) in [5.41, 5.74) is 3.69. The van der Waals surface area contributed by atoms with Gasteiger partial charge in [0.2, 0.25) is 0 Å². The Balaban J connectivity index is 2.62. The van der Waals surface area contributed by atoms with Crippen LogP contribution in [0.2, 0.25) is 0 Å². The third-order valence-corrected chi connectivity index (χ3v) is 3.49. The van der Waals surface area contributed by atoms with Crippen molar-refractivity contribution in [2.45, 2.75) is 45.4 Å². The topological polar surface area (TPSA) is 0 Å². The van der Waals surface area contributed by atoms with Crippen molar-refractivity contribution >= 4 is 0 Å². The van der Waals surface area contributed by atoms with Crippen molar-refractivity contribution in [3.63, 3.8) is 0 Å². The van der Waals surface area contributed by atoms with E-state index in [4.69, 9.17) is 0 Å². The van der Waals surface area contributed by atoms with Crippen LogP contribution in [0, 0.1) is 12.7 Å². The van der Waals surface area contributed by atoms with Gasteiger partial charge in [0, 0.05) is 0 Å². The fourth-order valence-electron chi connectivity index (χ4n) is 2.53. The Morgan fingerprint density at radius 1 is 1.29 bits per heavy atom. The summed E-state index contributed by atoms with van der Waals surface area (Å²) >= 11 is 0. The number of hydrogen-bond donors (Lipinski definition) is 0. The van der Waals surface area contributed by atoms with Crippen LogP contribution in [-0.2, 0) is 11.8 Å².